The van der Waals surface area contributed by atoms with Gasteiger partial charge in [-0.25, -0.2) is 4.98 Å². The van der Waals surface area contributed by atoms with E-state index in [0.29, 0.717) is 0 Å². The average molecular weight is 422 g/mol. The molecule has 1 aromatic heterocycles. The van der Waals surface area contributed by atoms with Crippen molar-refractivity contribution in [3.63, 3.8) is 0 Å². The topological polar surface area (TPSA) is 38.2 Å². The van der Waals surface area contributed by atoms with Crippen LogP contribution in [-0.2, 0) is 12.6 Å². The molecule has 1 fully saturated rings. The molecule has 30 heavy (non-hydrogen) atoms. The molecule has 7 heteroatoms. The predicted molar refractivity (Wildman–Crippen MR) is 112 cm³/mol. The largest absolute Gasteiger partial charge is 0.460 e. The van der Waals surface area contributed by atoms with Gasteiger partial charge in [0.15, 0.2) is 5.82 Å². The summed E-state index contributed by atoms with van der Waals surface area (Å²) in [5.41, 5.74) is 0.876. The highest BCUT2D eigenvalue weighted by molar-refractivity contribution is 5.66. The minimum atomic E-state index is -4.55. The first kappa shape index (κ1) is 22.4. The standard InChI is InChI=1S/C23H30F3N3O/c1-3-4-6-11-17-12-9-10-15-20(17)29(2)21-19(23(24,25)26)16-27-22(28-21)30-18-13-7-5-8-14-18/h9-10,12,15-16,18H,3-8,11,13-14H2,1-2H3. The lowest BCUT2D eigenvalue weighted by molar-refractivity contribution is -0.137. The minimum absolute atomic E-state index is 0.0141. The van der Waals surface area contributed by atoms with Crippen molar-refractivity contribution in [2.45, 2.75) is 77.0 Å². The van der Waals surface area contributed by atoms with Crippen LogP contribution in [0.25, 0.3) is 0 Å². The van der Waals surface area contributed by atoms with Gasteiger partial charge in [-0.05, 0) is 50.2 Å². The molecule has 1 aromatic carbocycles. The van der Waals surface area contributed by atoms with Crippen molar-refractivity contribution in [1.29, 1.82) is 0 Å². The summed E-state index contributed by atoms with van der Waals surface area (Å²) in [5.74, 6) is -0.175. The molecule has 2 aromatic rings. The van der Waals surface area contributed by atoms with E-state index in [2.05, 4.69) is 16.9 Å². The zero-order chi connectivity index (χ0) is 21.6. The first-order chi connectivity index (χ1) is 14.4. The Bertz CT molecular complexity index is 820. The fraction of sp³-hybridized carbons (Fsp3) is 0.565. The second-order valence-corrected chi connectivity index (χ2v) is 7.91. The molecule has 0 N–H and O–H groups in total. The highest BCUT2D eigenvalue weighted by atomic mass is 19.4. The Morgan fingerprint density at radius 1 is 1.10 bits per heavy atom. The van der Waals surface area contributed by atoms with Gasteiger partial charge in [-0.3, -0.25) is 0 Å². The number of hydrogen-bond acceptors (Lipinski definition) is 4. The van der Waals surface area contributed by atoms with Crippen LogP contribution >= 0.6 is 0 Å². The van der Waals surface area contributed by atoms with E-state index in [4.69, 9.17) is 4.74 Å². The maximum atomic E-state index is 13.7. The fourth-order valence-corrected chi connectivity index (χ4v) is 3.93. The van der Waals surface area contributed by atoms with E-state index in [-0.39, 0.29) is 17.9 Å². The molecular weight excluding hydrogens is 391 g/mol. The summed E-state index contributed by atoms with van der Waals surface area (Å²) in [6, 6.07) is 7.57. The van der Waals surface area contributed by atoms with E-state index in [0.717, 1.165) is 75.2 Å². The lowest BCUT2D eigenvalue weighted by atomic mass is 9.98. The van der Waals surface area contributed by atoms with Crippen molar-refractivity contribution in [2.24, 2.45) is 0 Å². The highest BCUT2D eigenvalue weighted by Crippen LogP contribution is 2.39. The van der Waals surface area contributed by atoms with Crippen LogP contribution in [-0.4, -0.2) is 23.1 Å². The second kappa shape index (κ2) is 10.1. The summed E-state index contributed by atoms with van der Waals surface area (Å²) < 4.78 is 47.0. The number of unbranched alkanes of at least 4 members (excludes halogenated alkanes) is 2. The molecule has 1 heterocycles. The summed E-state index contributed by atoms with van der Waals surface area (Å²) in [4.78, 5) is 9.61. The number of anilines is 2. The number of aryl methyl sites for hydroxylation is 1. The maximum absolute atomic E-state index is 13.7. The van der Waals surface area contributed by atoms with Gasteiger partial charge in [0.2, 0.25) is 0 Å². The number of ether oxygens (including phenoxy) is 1. The number of halogens is 3. The third-order valence-electron chi connectivity index (χ3n) is 5.60. The minimum Gasteiger partial charge on any atom is -0.460 e. The predicted octanol–water partition coefficient (Wildman–Crippen LogP) is 6.71. The van der Waals surface area contributed by atoms with Crippen molar-refractivity contribution >= 4 is 11.5 Å². The molecule has 0 aliphatic heterocycles. The van der Waals surface area contributed by atoms with Gasteiger partial charge in [-0.15, -0.1) is 0 Å². The Labute approximate surface area is 176 Å². The molecule has 0 amide bonds. The number of hydrogen-bond donors (Lipinski definition) is 0. The number of rotatable bonds is 8. The van der Waals surface area contributed by atoms with Crippen LogP contribution < -0.4 is 9.64 Å². The van der Waals surface area contributed by atoms with Crippen LogP contribution in [0.4, 0.5) is 24.7 Å². The number of benzene rings is 1. The van der Waals surface area contributed by atoms with Crippen molar-refractivity contribution in [3.05, 3.63) is 41.6 Å². The normalized spacial score (nSPS) is 15.2. The molecule has 0 unspecified atom stereocenters. The molecule has 4 nitrogen and oxygen atoms in total. The summed E-state index contributed by atoms with van der Waals surface area (Å²) in [5, 5.41) is 0. The van der Waals surface area contributed by atoms with Crippen molar-refractivity contribution < 1.29 is 17.9 Å². The number of nitrogens with zero attached hydrogens (tertiary/aromatic N) is 3. The van der Waals surface area contributed by atoms with Gasteiger partial charge in [-0.2, -0.15) is 18.2 Å². The zero-order valence-corrected chi connectivity index (χ0v) is 17.7. The molecule has 164 valence electrons. The summed E-state index contributed by atoms with van der Waals surface area (Å²) in [6.07, 6.45) is 5.28. The summed E-state index contributed by atoms with van der Waals surface area (Å²) in [7, 11) is 1.63. The van der Waals surface area contributed by atoms with E-state index in [9.17, 15) is 13.2 Å². The van der Waals surface area contributed by atoms with Gasteiger partial charge in [-0.1, -0.05) is 44.4 Å². The van der Waals surface area contributed by atoms with Gasteiger partial charge in [0.1, 0.15) is 11.7 Å². The van der Waals surface area contributed by atoms with Crippen molar-refractivity contribution in [3.8, 4) is 6.01 Å². The van der Waals surface area contributed by atoms with E-state index in [1.54, 1.807) is 7.05 Å². The second-order valence-electron chi connectivity index (χ2n) is 7.91. The SMILES string of the molecule is CCCCCc1ccccc1N(C)c1nc(OC2CCCCC2)ncc1C(F)(F)F. The number of para-hydroxylation sites is 1. The van der Waals surface area contributed by atoms with Crippen LogP contribution in [0.5, 0.6) is 6.01 Å². The molecule has 1 saturated carbocycles. The summed E-state index contributed by atoms with van der Waals surface area (Å²) >= 11 is 0. The van der Waals surface area contributed by atoms with Crippen LogP contribution in [0.1, 0.15) is 69.4 Å². The first-order valence-corrected chi connectivity index (χ1v) is 10.8. The summed E-state index contributed by atoms with van der Waals surface area (Å²) in [6.45, 7) is 2.13. The van der Waals surface area contributed by atoms with Crippen LogP contribution in [0.3, 0.4) is 0 Å². The molecule has 0 radical (unpaired) electrons. The fourth-order valence-electron chi connectivity index (χ4n) is 3.93. The molecule has 3 rings (SSSR count). The third kappa shape index (κ3) is 5.64. The lowest BCUT2D eigenvalue weighted by Crippen LogP contribution is -2.23. The van der Waals surface area contributed by atoms with Gasteiger partial charge < -0.3 is 9.64 Å². The highest BCUT2D eigenvalue weighted by Gasteiger charge is 2.37. The molecule has 0 spiro atoms. The van der Waals surface area contributed by atoms with E-state index in [1.165, 1.54) is 4.90 Å². The first-order valence-electron chi connectivity index (χ1n) is 10.8. The Morgan fingerprint density at radius 2 is 1.83 bits per heavy atom. The molecular formula is C23H30F3N3O. The van der Waals surface area contributed by atoms with Gasteiger partial charge >= 0.3 is 12.2 Å². The van der Waals surface area contributed by atoms with E-state index < -0.39 is 11.7 Å². The molecule has 1 aliphatic carbocycles. The third-order valence-corrected chi connectivity index (χ3v) is 5.60. The average Bonchev–Trinajstić information content (AvgIpc) is 2.74. The Hall–Kier alpha value is -2.31. The van der Waals surface area contributed by atoms with E-state index in [1.807, 2.05) is 24.3 Å². The van der Waals surface area contributed by atoms with E-state index >= 15 is 0 Å². The van der Waals surface area contributed by atoms with Gasteiger partial charge in [0.05, 0.1) is 0 Å². The monoisotopic (exact) mass is 421 g/mol. The quantitative estimate of drug-likeness (QED) is 0.444. The van der Waals surface area contributed by atoms with Crippen LogP contribution in [0.15, 0.2) is 30.5 Å². The molecule has 0 bridgehead atoms. The maximum Gasteiger partial charge on any atom is 0.421 e. The Morgan fingerprint density at radius 3 is 2.53 bits per heavy atom. The van der Waals surface area contributed by atoms with Gasteiger partial charge in [0.25, 0.3) is 0 Å². The Kier molecular flexibility index (Phi) is 7.56. The van der Waals surface area contributed by atoms with Gasteiger partial charge in [0, 0.05) is 18.9 Å². The lowest BCUT2D eigenvalue weighted by Gasteiger charge is -2.26. The Balaban J connectivity index is 1.93. The van der Waals surface area contributed by atoms with Crippen molar-refractivity contribution in [1.82, 2.24) is 9.97 Å². The number of aromatic nitrogens is 2. The zero-order valence-electron chi connectivity index (χ0n) is 17.7. The van der Waals surface area contributed by atoms with Crippen molar-refractivity contribution in [2.75, 3.05) is 11.9 Å². The molecule has 0 saturated heterocycles. The van der Waals surface area contributed by atoms with Crippen LogP contribution in [0.2, 0.25) is 0 Å². The molecule has 1 aliphatic rings. The number of alkyl halides is 3. The smallest absolute Gasteiger partial charge is 0.421 e. The molecule has 0 atom stereocenters. The van der Waals surface area contributed by atoms with Crippen LogP contribution in [0, 0.1) is 0 Å².